The second-order valence-electron chi connectivity index (χ2n) is 7.03. The van der Waals surface area contributed by atoms with Crippen LogP contribution in [0, 0.1) is 11.8 Å². The van der Waals surface area contributed by atoms with E-state index >= 15 is 0 Å². The molecule has 0 aromatic heterocycles. The molecule has 2 aromatic rings. The number of hydrogen-bond acceptors (Lipinski definition) is 2. The third kappa shape index (κ3) is 3.88. The van der Waals surface area contributed by atoms with E-state index in [-0.39, 0.29) is 18.3 Å². The molecule has 0 spiro atoms. The highest BCUT2D eigenvalue weighted by Crippen LogP contribution is 2.28. The minimum Gasteiger partial charge on any atom is -0.338 e. The molecule has 2 aliphatic rings. The molecule has 0 aliphatic carbocycles. The number of rotatable bonds is 4. The Labute approximate surface area is 155 Å². The van der Waals surface area contributed by atoms with Crippen molar-refractivity contribution in [2.24, 2.45) is 11.8 Å². The zero-order chi connectivity index (χ0) is 16.4. The summed E-state index contributed by atoms with van der Waals surface area (Å²) in [6.07, 6.45) is 1.88. The molecule has 2 aromatic carbocycles. The number of benzene rings is 2. The number of likely N-dealkylation sites (tertiary alicyclic amines) is 1. The van der Waals surface area contributed by atoms with Gasteiger partial charge in [-0.3, -0.25) is 4.79 Å². The first-order valence-corrected chi connectivity index (χ1v) is 8.93. The molecule has 1 amide bonds. The summed E-state index contributed by atoms with van der Waals surface area (Å²) >= 11 is 0. The maximum absolute atomic E-state index is 13.0. The molecule has 0 bridgehead atoms. The molecule has 0 saturated carbocycles. The first kappa shape index (κ1) is 18.0. The molecule has 1 N–H and O–H groups in total. The van der Waals surface area contributed by atoms with E-state index in [2.05, 4.69) is 40.5 Å². The fourth-order valence-electron chi connectivity index (χ4n) is 4.06. The minimum absolute atomic E-state index is 0. The molecule has 4 heteroatoms. The summed E-state index contributed by atoms with van der Waals surface area (Å²) in [5, 5.41) is 3.44. The van der Waals surface area contributed by atoms with E-state index < -0.39 is 0 Å². The van der Waals surface area contributed by atoms with Crippen molar-refractivity contribution < 1.29 is 4.79 Å². The van der Waals surface area contributed by atoms with Crippen LogP contribution in [0.3, 0.4) is 0 Å². The lowest BCUT2D eigenvalue weighted by Gasteiger charge is -2.19. The molecule has 2 atom stereocenters. The van der Waals surface area contributed by atoms with Crippen molar-refractivity contribution in [2.45, 2.75) is 12.8 Å². The highest BCUT2D eigenvalue weighted by atomic mass is 35.5. The van der Waals surface area contributed by atoms with Crippen molar-refractivity contribution >= 4 is 18.3 Å². The number of carbonyl (C=O) groups excluding carboxylic acids is 1. The standard InChI is InChI=1S/C21H24N2O.ClH/c24-21(23-14-18-12-22-13-19(18)15-23)20-9-5-4-8-17(20)11-10-16-6-2-1-3-7-16;/h1-9,18-19,22H,10-15H2;1H/t18-,19+;. The van der Waals surface area contributed by atoms with Gasteiger partial charge >= 0.3 is 0 Å². The van der Waals surface area contributed by atoms with Crippen LogP contribution in [0.1, 0.15) is 21.5 Å². The smallest absolute Gasteiger partial charge is 0.254 e. The second-order valence-corrected chi connectivity index (χ2v) is 7.03. The number of nitrogens with zero attached hydrogens (tertiary/aromatic N) is 1. The van der Waals surface area contributed by atoms with Crippen LogP contribution in [0.2, 0.25) is 0 Å². The number of carbonyl (C=O) groups is 1. The summed E-state index contributed by atoms with van der Waals surface area (Å²) in [6, 6.07) is 18.6. The van der Waals surface area contributed by atoms with Crippen LogP contribution in [0.15, 0.2) is 54.6 Å². The SMILES string of the molecule is Cl.O=C(c1ccccc1CCc1ccccc1)N1C[C@H]2CNC[C@H]2C1. The summed E-state index contributed by atoms with van der Waals surface area (Å²) in [7, 11) is 0. The highest BCUT2D eigenvalue weighted by Gasteiger charge is 2.38. The lowest BCUT2D eigenvalue weighted by atomic mass is 9.99. The van der Waals surface area contributed by atoms with E-state index in [0.717, 1.165) is 44.6 Å². The zero-order valence-corrected chi connectivity index (χ0v) is 15.2. The van der Waals surface area contributed by atoms with Crippen molar-refractivity contribution in [1.29, 1.82) is 0 Å². The minimum atomic E-state index is 0. The first-order chi connectivity index (χ1) is 11.8. The largest absolute Gasteiger partial charge is 0.338 e. The summed E-state index contributed by atoms with van der Waals surface area (Å²) in [6.45, 7) is 3.93. The normalized spacial score (nSPS) is 21.7. The Morgan fingerprint density at radius 2 is 1.56 bits per heavy atom. The summed E-state index contributed by atoms with van der Waals surface area (Å²) in [4.78, 5) is 15.1. The monoisotopic (exact) mass is 356 g/mol. The molecule has 2 saturated heterocycles. The van der Waals surface area contributed by atoms with Gasteiger partial charge in [0, 0.05) is 31.7 Å². The number of aryl methyl sites for hydroxylation is 2. The van der Waals surface area contributed by atoms with Gasteiger partial charge in [0.25, 0.3) is 5.91 Å². The van der Waals surface area contributed by atoms with Gasteiger partial charge in [-0.1, -0.05) is 48.5 Å². The topological polar surface area (TPSA) is 32.3 Å². The van der Waals surface area contributed by atoms with Crippen LogP contribution in [-0.4, -0.2) is 37.0 Å². The lowest BCUT2D eigenvalue weighted by Crippen LogP contribution is -2.32. The van der Waals surface area contributed by atoms with E-state index in [0.29, 0.717) is 11.8 Å². The van der Waals surface area contributed by atoms with Crippen molar-refractivity contribution in [3.05, 3.63) is 71.3 Å². The van der Waals surface area contributed by atoms with Crippen LogP contribution in [-0.2, 0) is 12.8 Å². The average Bonchev–Trinajstić information content (AvgIpc) is 3.22. The van der Waals surface area contributed by atoms with Crippen molar-refractivity contribution in [2.75, 3.05) is 26.2 Å². The zero-order valence-electron chi connectivity index (χ0n) is 14.4. The molecule has 0 radical (unpaired) electrons. The van der Waals surface area contributed by atoms with E-state index in [1.165, 1.54) is 11.1 Å². The molecule has 2 fully saturated rings. The predicted molar refractivity (Wildman–Crippen MR) is 103 cm³/mol. The molecule has 25 heavy (non-hydrogen) atoms. The first-order valence-electron chi connectivity index (χ1n) is 8.93. The van der Waals surface area contributed by atoms with Crippen LogP contribution in [0.25, 0.3) is 0 Å². The number of nitrogens with one attached hydrogen (secondary N) is 1. The van der Waals surface area contributed by atoms with E-state index in [1.807, 2.05) is 24.3 Å². The number of hydrogen-bond donors (Lipinski definition) is 1. The van der Waals surface area contributed by atoms with Gasteiger partial charge in [-0.25, -0.2) is 0 Å². The Morgan fingerprint density at radius 1 is 0.920 bits per heavy atom. The Morgan fingerprint density at radius 3 is 2.28 bits per heavy atom. The average molecular weight is 357 g/mol. The molecule has 4 rings (SSSR count). The van der Waals surface area contributed by atoms with Gasteiger partial charge in [0.2, 0.25) is 0 Å². The highest BCUT2D eigenvalue weighted by molar-refractivity contribution is 5.96. The molecule has 2 aliphatic heterocycles. The Balaban J connectivity index is 0.00000182. The van der Waals surface area contributed by atoms with E-state index in [4.69, 9.17) is 0 Å². The van der Waals surface area contributed by atoms with Crippen LogP contribution in [0.4, 0.5) is 0 Å². The molecule has 3 nitrogen and oxygen atoms in total. The molecule has 0 unspecified atom stereocenters. The quantitative estimate of drug-likeness (QED) is 0.912. The summed E-state index contributed by atoms with van der Waals surface area (Å²) < 4.78 is 0. The Bertz CT molecular complexity index is 707. The van der Waals surface area contributed by atoms with Gasteiger partial charge in [0.15, 0.2) is 0 Å². The van der Waals surface area contributed by atoms with E-state index in [1.54, 1.807) is 0 Å². The van der Waals surface area contributed by atoms with Gasteiger partial charge < -0.3 is 10.2 Å². The van der Waals surface area contributed by atoms with Gasteiger partial charge in [0.1, 0.15) is 0 Å². The fourth-order valence-corrected chi connectivity index (χ4v) is 4.06. The third-order valence-electron chi connectivity index (χ3n) is 5.45. The Hall–Kier alpha value is -1.84. The van der Waals surface area contributed by atoms with Crippen molar-refractivity contribution in [3.8, 4) is 0 Å². The molecule has 132 valence electrons. The summed E-state index contributed by atoms with van der Waals surface area (Å²) in [5.41, 5.74) is 3.38. The lowest BCUT2D eigenvalue weighted by molar-refractivity contribution is 0.0780. The number of amides is 1. The van der Waals surface area contributed by atoms with Gasteiger partial charge in [0.05, 0.1) is 0 Å². The van der Waals surface area contributed by atoms with Crippen molar-refractivity contribution in [1.82, 2.24) is 10.2 Å². The van der Waals surface area contributed by atoms with Gasteiger partial charge in [-0.05, 0) is 41.9 Å². The maximum Gasteiger partial charge on any atom is 0.254 e. The van der Waals surface area contributed by atoms with Crippen LogP contribution in [0.5, 0.6) is 0 Å². The van der Waals surface area contributed by atoms with E-state index in [9.17, 15) is 4.79 Å². The maximum atomic E-state index is 13.0. The summed E-state index contributed by atoms with van der Waals surface area (Å²) in [5.74, 6) is 1.50. The predicted octanol–water partition coefficient (Wildman–Crippen LogP) is 3.19. The molecular formula is C21H25ClN2O. The van der Waals surface area contributed by atoms with Crippen LogP contribution >= 0.6 is 12.4 Å². The number of halogens is 1. The van der Waals surface area contributed by atoms with Crippen LogP contribution < -0.4 is 5.32 Å². The van der Waals surface area contributed by atoms with Crippen molar-refractivity contribution in [3.63, 3.8) is 0 Å². The second kappa shape index (κ2) is 8.03. The Kier molecular flexibility index (Phi) is 5.77. The number of fused-ring (bicyclic) bond motifs is 1. The molecule has 2 heterocycles. The fraction of sp³-hybridized carbons (Fsp3) is 0.381. The van der Waals surface area contributed by atoms with Gasteiger partial charge in [-0.2, -0.15) is 0 Å². The third-order valence-corrected chi connectivity index (χ3v) is 5.45. The van der Waals surface area contributed by atoms with Gasteiger partial charge in [-0.15, -0.1) is 12.4 Å². The molecular weight excluding hydrogens is 332 g/mol.